The molecule has 2 aromatic rings. The van der Waals surface area contributed by atoms with Crippen molar-refractivity contribution in [3.8, 4) is 5.88 Å². The maximum atomic E-state index is 5.18. The van der Waals surface area contributed by atoms with Crippen molar-refractivity contribution in [2.45, 2.75) is 26.4 Å². The maximum Gasteiger partial charge on any atom is 0.213 e. The van der Waals surface area contributed by atoms with Gasteiger partial charge in [-0.1, -0.05) is 50.2 Å². The van der Waals surface area contributed by atoms with Gasteiger partial charge in [0.2, 0.25) is 5.88 Å². The van der Waals surface area contributed by atoms with Gasteiger partial charge in [0, 0.05) is 25.2 Å². The largest absolute Gasteiger partial charge is 0.481 e. The van der Waals surface area contributed by atoms with Crippen LogP contribution in [-0.2, 0) is 6.54 Å². The highest BCUT2D eigenvalue weighted by molar-refractivity contribution is 5.20. The van der Waals surface area contributed by atoms with Gasteiger partial charge in [-0.25, -0.2) is 4.98 Å². The summed E-state index contributed by atoms with van der Waals surface area (Å²) in [4.78, 5) is 6.92. The third-order valence-corrected chi connectivity index (χ3v) is 4.07. The van der Waals surface area contributed by atoms with E-state index in [1.54, 1.807) is 7.11 Å². The highest BCUT2D eigenvalue weighted by Crippen LogP contribution is 2.19. The standard InChI is InChI=1S/C19H27N3O/c1-4-22(5-2)18(16-10-7-6-8-11-16)15-20-14-17-12-9-13-19(21-17)23-3/h6-13,18,20H,4-5,14-15H2,1-3H3. The molecule has 4 nitrogen and oxygen atoms in total. The molecule has 0 saturated carbocycles. The van der Waals surface area contributed by atoms with E-state index in [9.17, 15) is 0 Å². The van der Waals surface area contributed by atoms with Crippen LogP contribution >= 0.6 is 0 Å². The van der Waals surface area contributed by atoms with Gasteiger partial charge in [0.25, 0.3) is 0 Å². The normalized spacial score (nSPS) is 12.3. The molecule has 124 valence electrons. The van der Waals surface area contributed by atoms with E-state index in [4.69, 9.17) is 4.74 Å². The van der Waals surface area contributed by atoms with Crippen LogP contribution in [0.4, 0.5) is 0 Å². The Bertz CT molecular complexity index is 570. The van der Waals surface area contributed by atoms with Gasteiger partial charge in [-0.15, -0.1) is 0 Å². The molecule has 4 heteroatoms. The fraction of sp³-hybridized carbons (Fsp3) is 0.421. The fourth-order valence-electron chi connectivity index (χ4n) is 2.80. The number of methoxy groups -OCH3 is 1. The van der Waals surface area contributed by atoms with Crippen LogP contribution in [0.1, 0.15) is 31.1 Å². The zero-order valence-electron chi connectivity index (χ0n) is 14.3. The van der Waals surface area contributed by atoms with Crippen LogP contribution in [0.5, 0.6) is 5.88 Å². The Morgan fingerprint density at radius 2 is 1.78 bits per heavy atom. The average Bonchev–Trinajstić information content (AvgIpc) is 2.62. The number of nitrogens with zero attached hydrogens (tertiary/aromatic N) is 2. The monoisotopic (exact) mass is 313 g/mol. The Labute approximate surface area is 139 Å². The molecule has 1 heterocycles. The minimum Gasteiger partial charge on any atom is -0.481 e. The molecule has 0 aliphatic carbocycles. The summed E-state index contributed by atoms with van der Waals surface area (Å²) in [5.74, 6) is 0.660. The van der Waals surface area contributed by atoms with Gasteiger partial charge in [-0.05, 0) is 24.7 Å². The molecule has 1 N–H and O–H groups in total. The predicted molar refractivity (Wildman–Crippen MR) is 94.6 cm³/mol. The molecule has 0 bridgehead atoms. The summed E-state index contributed by atoms with van der Waals surface area (Å²) in [6.07, 6.45) is 0. The zero-order chi connectivity index (χ0) is 16.5. The number of rotatable bonds is 9. The van der Waals surface area contributed by atoms with Gasteiger partial charge in [0.1, 0.15) is 0 Å². The van der Waals surface area contributed by atoms with Crippen molar-refractivity contribution in [1.82, 2.24) is 15.2 Å². The summed E-state index contributed by atoms with van der Waals surface area (Å²) in [6.45, 7) is 8.13. The molecular formula is C19H27N3O. The van der Waals surface area contributed by atoms with Crippen molar-refractivity contribution in [2.75, 3.05) is 26.7 Å². The quantitative estimate of drug-likeness (QED) is 0.771. The molecule has 2 rings (SSSR count). The van der Waals surface area contributed by atoms with E-state index in [0.717, 1.165) is 31.9 Å². The minimum absolute atomic E-state index is 0.372. The second kappa shape index (κ2) is 9.28. The van der Waals surface area contributed by atoms with Crippen LogP contribution in [0.2, 0.25) is 0 Å². The van der Waals surface area contributed by atoms with Gasteiger partial charge in [-0.2, -0.15) is 0 Å². The van der Waals surface area contributed by atoms with Crippen LogP contribution in [0.3, 0.4) is 0 Å². The smallest absolute Gasteiger partial charge is 0.213 e. The molecule has 0 aliphatic heterocycles. The molecule has 0 radical (unpaired) electrons. The third kappa shape index (κ3) is 5.05. The Morgan fingerprint density at radius 1 is 1.04 bits per heavy atom. The molecule has 1 atom stereocenters. The summed E-state index contributed by atoms with van der Waals surface area (Å²) in [7, 11) is 1.64. The number of benzene rings is 1. The van der Waals surface area contributed by atoms with Crippen molar-refractivity contribution in [3.05, 3.63) is 59.8 Å². The van der Waals surface area contributed by atoms with Crippen LogP contribution in [0.15, 0.2) is 48.5 Å². The molecule has 1 aromatic heterocycles. The molecule has 23 heavy (non-hydrogen) atoms. The average molecular weight is 313 g/mol. The number of aromatic nitrogens is 1. The number of pyridine rings is 1. The first-order valence-corrected chi connectivity index (χ1v) is 8.28. The summed E-state index contributed by atoms with van der Waals surface area (Å²) in [6, 6.07) is 16.9. The van der Waals surface area contributed by atoms with Crippen molar-refractivity contribution in [2.24, 2.45) is 0 Å². The van der Waals surface area contributed by atoms with E-state index in [0.29, 0.717) is 11.9 Å². The molecule has 0 spiro atoms. The molecular weight excluding hydrogens is 286 g/mol. The molecule has 1 unspecified atom stereocenters. The lowest BCUT2D eigenvalue weighted by Gasteiger charge is -2.30. The van der Waals surface area contributed by atoms with E-state index in [2.05, 4.69) is 59.4 Å². The lowest BCUT2D eigenvalue weighted by molar-refractivity contribution is 0.213. The number of hydrogen-bond donors (Lipinski definition) is 1. The maximum absolute atomic E-state index is 5.18. The lowest BCUT2D eigenvalue weighted by Crippen LogP contribution is -2.35. The molecule has 0 fully saturated rings. The molecule has 0 amide bonds. The second-order valence-electron chi connectivity index (χ2n) is 5.45. The van der Waals surface area contributed by atoms with Crippen LogP contribution in [-0.4, -0.2) is 36.6 Å². The van der Waals surface area contributed by atoms with Crippen molar-refractivity contribution in [3.63, 3.8) is 0 Å². The first kappa shape index (κ1) is 17.4. The summed E-state index contributed by atoms with van der Waals surface area (Å²) in [5.41, 5.74) is 2.35. The molecule has 0 saturated heterocycles. The molecule has 1 aromatic carbocycles. The van der Waals surface area contributed by atoms with Crippen molar-refractivity contribution < 1.29 is 4.74 Å². The van der Waals surface area contributed by atoms with Crippen LogP contribution < -0.4 is 10.1 Å². The van der Waals surface area contributed by atoms with E-state index < -0.39 is 0 Å². The highest BCUT2D eigenvalue weighted by atomic mass is 16.5. The lowest BCUT2D eigenvalue weighted by atomic mass is 10.1. The van der Waals surface area contributed by atoms with Gasteiger partial charge < -0.3 is 10.1 Å². The number of nitrogens with one attached hydrogen (secondary N) is 1. The number of hydrogen-bond acceptors (Lipinski definition) is 4. The Hall–Kier alpha value is -1.91. The summed E-state index contributed by atoms with van der Waals surface area (Å²) < 4.78 is 5.18. The fourth-order valence-corrected chi connectivity index (χ4v) is 2.80. The van der Waals surface area contributed by atoms with Crippen molar-refractivity contribution >= 4 is 0 Å². The Kier molecular flexibility index (Phi) is 7.04. The van der Waals surface area contributed by atoms with Gasteiger partial charge in [0.05, 0.1) is 12.8 Å². The zero-order valence-corrected chi connectivity index (χ0v) is 14.3. The van der Waals surface area contributed by atoms with Gasteiger partial charge in [-0.3, -0.25) is 4.90 Å². The number of ether oxygens (including phenoxy) is 1. The van der Waals surface area contributed by atoms with Crippen LogP contribution in [0, 0.1) is 0 Å². The number of likely N-dealkylation sites (N-methyl/N-ethyl adjacent to an activating group) is 1. The van der Waals surface area contributed by atoms with Crippen molar-refractivity contribution in [1.29, 1.82) is 0 Å². The van der Waals surface area contributed by atoms with E-state index >= 15 is 0 Å². The Balaban J connectivity index is 2.00. The third-order valence-electron chi connectivity index (χ3n) is 4.07. The highest BCUT2D eigenvalue weighted by Gasteiger charge is 2.17. The van der Waals surface area contributed by atoms with Gasteiger partial charge in [0.15, 0.2) is 0 Å². The summed E-state index contributed by atoms with van der Waals surface area (Å²) >= 11 is 0. The molecule has 0 aliphatic rings. The van der Waals surface area contributed by atoms with E-state index in [1.807, 2.05) is 18.2 Å². The van der Waals surface area contributed by atoms with Gasteiger partial charge >= 0.3 is 0 Å². The topological polar surface area (TPSA) is 37.4 Å². The first-order valence-electron chi connectivity index (χ1n) is 8.28. The second-order valence-corrected chi connectivity index (χ2v) is 5.45. The van der Waals surface area contributed by atoms with E-state index in [1.165, 1.54) is 5.56 Å². The Morgan fingerprint density at radius 3 is 2.43 bits per heavy atom. The first-order chi connectivity index (χ1) is 11.3. The minimum atomic E-state index is 0.372. The van der Waals surface area contributed by atoms with E-state index in [-0.39, 0.29) is 0 Å². The van der Waals surface area contributed by atoms with Crippen LogP contribution in [0.25, 0.3) is 0 Å². The SMILES string of the molecule is CCN(CC)C(CNCc1cccc(OC)n1)c1ccccc1. The predicted octanol–water partition coefficient (Wildman–Crippen LogP) is 3.26. The summed E-state index contributed by atoms with van der Waals surface area (Å²) in [5, 5.41) is 3.54.